The van der Waals surface area contributed by atoms with Gasteiger partial charge in [0.05, 0.1) is 17.9 Å². The fraction of sp³-hybridized carbons (Fsp3) is 0.222. The Labute approximate surface area is 143 Å². The van der Waals surface area contributed by atoms with Crippen molar-refractivity contribution in [1.29, 1.82) is 0 Å². The van der Waals surface area contributed by atoms with Gasteiger partial charge >= 0.3 is 6.18 Å². The number of hydrazone groups is 1. The quantitative estimate of drug-likeness (QED) is 0.647. The van der Waals surface area contributed by atoms with Crippen LogP contribution < -0.4 is 10.2 Å². The molecule has 0 spiro atoms. The molecule has 0 aromatic heterocycles. The van der Waals surface area contributed by atoms with Gasteiger partial charge in [-0.25, -0.2) is 5.43 Å². The molecule has 132 valence electrons. The fourth-order valence-electron chi connectivity index (χ4n) is 1.98. The Hall–Kier alpha value is -2.83. The number of amides is 1. The highest BCUT2D eigenvalue weighted by atomic mass is 19.4. The van der Waals surface area contributed by atoms with Crippen molar-refractivity contribution in [2.45, 2.75) is 26.1 Å². The zero-order valence-corrected chi connectivity index (χ0v) is 13.7. The van der Waals surface area contributed by atoms with Gasteiger partial charge in [-0.15, -0.1) is 0 Å². The minimum atomic E-state index is -4.42. The molecule has 25 heavy (non-hydrogen) atoms. The van der Waals surface area contributed by atoms with E-state index < -0.39 is 17.6 Å². The third-order valence-corrected chi connectivity index (χ3v) is 3.08. The summed E-state index contributed by atoms with van der Waals surface area (Å²) in [5, 5.41) is 3.69. The Bertz CT molecular complexity index is 754. The highest BCUT2D eigenvalue weighted by Crippen LogP contribution is 2.29. The number of nitrogens with zero attached hydrogens (tertiary/aromatic N) is 1. The van der Waals surface area contributed by atoms with Crippen molar-refractivity contribution in [1.82, 2.24) is 5.43 Å². The molecule has 0 aliphatic carbocycles. The highest BCUT2D eigenvalue weighted by Gasteiger charge is 2.30. The van der Waals surface area contributed by atoms with Gasteiger partial charge in [-0.1, -0.05) is 12.1 Å². The lowest BCUT2D eigenvalue weighted by molar-refractivity contribution is -0.137. The minimum Gasteiger partial charge on any atom is -0.491 e. The average molecular weight is 350 g/mol. The van der Waals surface area contributed by atoms with Crippen LogP contribution in [0.1, 0.15) is 35.3 Å². The van der Waals surface area contributed by atoms with E-state index in [0.29, 0.717) is 11.3 Å². The molecule has 7 heteroatoms. The van der Waals surface area contributed by atoms with Gasteiger partial charge in [0, 0.05) is 5.56 Å². The number of benzene rings is 2. The number of halogens is 3. The van der Waals surface area contributed by atoms with Gasteiger partial charge in [0.1, 0.15) is 5.75 Å². The first-order valence-corrected chi connectivity index (χ1v) is 7.53. The molecule has 0 bridgehead atoms. The number of nitrogens with one attached hydrogen (secondary N) is 1. The number of hydrogen-bond donors (Lipinski definition) is 1. The molecule has 0 saturated carbocycles. The van der Waals surface area contributed by atoms with Gasteiger partial charge in [0.2, 0.25) is 0 Å². The SMILES string of the molecule is CC(C)Oc1ccc(C(=O)N/N=C\c2cccc(C(F)(F)F)c2)cc1. The van der Waals surface area contributed by atoms with E-state index in [-0.39, 0.29) is 11.7 Å². The summed E-state index contributed by atoms with van der Waals surface area (Å²) in [5.74, 6) is 0.165. The zero-order chi connectivity index (χ0) is 18.4. The molecular formula is C18H17F3N2O2. The summed E-state index contributed by atoms with van der Waals surface area (Å²) in [6.45, 7) is 3.78. The summed E-state index contributed by atoms with van der Waals surface area (Å²) in [4.78, 5) is 11.9. The van der Waals surface area contributed by atoms with Gasteiger partial charge in [-0.2, -0.15) is 18.3 Å². The Kier molecular flexibility index (Phi) is 5.80. The van der Waals surface area contributed by atoms with E-state index in [1.807, 2.05) is 13.8 Å². The van der Waals surface area contributed by atoms with E-state index in [0.717, 1.165) is 18.3 Å². The number of hydrogen-bond acceptors (Lipinski definition) is 3. The maximum atomic E-state index is 12.6. The molecule has 0 atom stereocenters. The van der Waals surface area contributed by atoms with E-state index >= 15 is 0 Å². The number of rotatable bonds is 5. The normalized spacial score (nSPS) is 11.8. The summed E-state index contributed by atoms with van der Waals surface area (Å²) in [6.07, 6.45) is -3.24. The maximum absolute atomic E-state index is 12.6. The van der Waals surface area contributed by atoms with E-state index in [1.165, 1.54) is 12.1 Å². The molecule has 0 aliphatic rings. The van der Waals surface area contributed by atoms with Crippen LogP contribution in [0.2, 0.25) is 0 Å². The first-order valence-electron chi connectivity index (χ1n) is 7.53. The second-order valence-electron chi connectivity index (χ2n) is 5.51. The lowest BCUT2D eigenvalue weighted by Crippen LogP contribution is -2.17. The van der Waals surface area contributed by atoms with Crippen molar-refractivity contribution in [3.8, 4) is 5.75 Å². The Morgan fingerprint density at radius 3 is 2.44 bits per heavy atom. The van der Waals surface area contributed by atoms with Gasteiger partial charge in [0.15, 0.2) is 0 Å². The topological polar surface area (TPSA) is 50.7 Å². The minimum absolute atomic E-state index is 0.0248. The molecule has 0 unspecified atom stereocenters. The first-order chi connectivity index (χ1) is 11.8. The van der Waals surface area contributed by atoms with Crippen LogP contribution in [0.4, 0.5) is 13.2 Å². The lowest BCUT2D eigenvalue weighted by Gasteiger charge is -2.09. The van der Waals surface area contributed by atoms with Crippen LogP contribution in [0.15, 0.2) is 53.6 Å². The van der Waals surface area contributed by atoms with Crippen LogP contribution >= 0.6 is 0 Å². The van der Waals surface area contributed by atoms with Crippen molar-refractivity contribution >= 4 is 12.1 Å². The van der Waals surface area contributed by atoms with Crippen LogP contribution in [0.25, 0.3) is 0 Å². The second kappa shape index (κ2) is 7.83. The molecule has 2 aromatic rings. The van der Waals surface area contributed by atoms with Crippen LogP contribution in [0, 0.1) is 0 Å². The zero-order valence-electron chi connectivity index (χ0n) is 13.7. The average Bonchev–Trinajstić information content (AvgIpc) is 2.54. The fourth-order valence-corrected chi connectivity index (χ4v) is 1.98. The van der Waals surface area contributed by atoms with Gasteiger partial charge in [0.25, 0.3) is 5.91 Å². The third-order valence-electron chi connectivity index (χ3n) is 3.08. The summed E-state index contributed by atoms with van der Waals surface area (Å²) < 4.78 is 43.4. The Balaban J connectivity index is 1.98. The predicted molar refractivity (Wildman–Crippen MR) is 88.7 cm³/mol. The summed E-state index contributed by atoms with van der Waals surface area (Å²) >= 11 is 0. The summed E-state index contributed by atoms with van der Waals surface area (Å²) in [6, 6.07) is 11.1. The van der Waals surface area contributed by atoms with Gasteiger partial charge in [-0.05, 0) is 55.8 Å². The Morgan fingerprint density at radius 1 is 1.16 bits per heavy atom. The molecule has 0 saturated heterocycles. The van der Waals surface area contributed by atoms with Crippen molar-refractivity contribution in [3.05, 3.63) is 65.2 Å². The van der Waals surface area contributed by atoms with Crippen LogP contribution in [-0.4, -0.2) is 18.2 Å². The molecule has 2 aromatic carbocycles. The smallest absolute Gasteiger partial charge is 0.416 e. The largest absolute Gasteiger partial charge is 0.491 e. The summed E-state index contributed by atoms with van der Waals surface area (Å²) in [7, 11) is 0. The lowest BCUT2D eigenvalue weighted by atomic mass is 10.1. The van der Waals surface area contributed by atoms with E-state index in [9.17, 15) is 18.0 Å². The van der Waals surface area contributed by atoms with E-state index in [1.54, 1.807) is 24.3 Å². The molecule has 0 heterocycles. The number of ether oxygens (including phenoxy) is 1. The second-order valence-corrected chi connectivity index (χ2v) is 5.51. The van der Waals surface area contributed by atoms with Crippen molar-refractivity contribution < 1.29 is 22.7 Å². The highest BCUT2D eigenvalue weighted by molar-refractivity contribution is 5.95. The van der Waals surface area contributed by atoms with Crippen LogP contribution in [-0.2, 0) is 6.18 Å². The molecular weight excluding hydrogens is 333 g/mol. The molecule has 2 rings (SSSR count). The standard InChI is InChI=1S/C18H17F3N2O2/c1-12(2)25-16-8-6-14(7-9-16)17(24)23-22-11-13-4-3-5-15(10-13)18(19,20)21/h3-12H,1-2H3,(H,23,24)/b22-11-. The van der Waals surface area contributed by atoms with Crippen molar-refractivity contribution in [2.24, 2.45) is 5.10 Å². The number of carbonyl (C=O) groups is 1. The van der Waals surface area contributed by atoms with E-state index in [4.69, 9.17) is 4.74 Å². The molecule has 0 radical (unpaired) electrons. The molecule has 1 N–H and O–H groups in total. The maximum Gasteiger partial charge on any atom is 0.416 e. The number of alkyl halides is 3. The Morgan fingerprint density at radius 2 is 1.84 bits per heavy atom. The third kappa shape index (κ3) is 5.63. The molecule has 0 fully saturated rings. The monoisotopic (exact) mass is 350 g/mol. The van der Waals surface area contributed by atoms with Gasteiger partial charge < -0.3 is 4.74 Å². The molecule has 0 aliphatic heterocycles. The van der Waals surface area contributed by atoms with E-state index in [2.05, 4.69) is 10.5 Å². The number of carbonyl (C=O) groups excluding carboxylic acids is 1. The van der Waals surface area contributed by atoms with Crippen LogP contribution in [0.3, 0.4) is 0 Å². The van der Waals surface area contributed by atoms with Crippen LogP contribution in [0.5, 0.6) is 5.75 Å². The first kappa shape index (κ1) is 18.5. The molecule has 4 nitrogen and oxygen atoms in total. The van der Waals surface area contributed by atoms with Crippen molar-refractivity contribution in [2.75, 3.05) is 0 Å². The summed E-state index contributed by atoms with van der Waals surface area (Å²) in [5.41, 5.74) is 2.09. The van der Waals surface area contributed by atoms with Gasteiger partial charge in [-0.3, -0.25) is 4.79 Å². The molecule has 1 amide bonds. The van der Waals surface area contributed by atoms with Crippen molar-refractivity contribution in [3.63, 3.8) is 0 Å². The predicted octanol–water partition coefficient (Wildman–Crippen LogP) is 4.26.